The molecule has 0 spiro atoms. The SMILES string of the molecule is c1ccc(-c2ccc(-c3ccccc3N(c3ccc(-c4cc5ccccc5c5ccccc45)cc3)c3ccc(-c4cccc(-c5cc6ccccc6o5)c4)c4ccccc34)cc2)cc1. The van der Waals surface area contributed by atoms with Gasteiger partial charge < -0.3 is 9.32 Å². The highest BCUT2D eigenvalue weighted by Gasteiger charge is 2.21. The van der Waals surface area contributed by atoms with E-state index in [0.29, 0.717) is 0 Å². The molecule has 0 bridgehead atoms. The first kappa shape index (κ1) is 37.3. The van der Waals surface area contributed by atoms with Crippen molar-refractivity contribution in [2.45, 2.75) is 0 Å². The Bertz CT molecular complexity index is 3620. The van der Waals surface area contributed by atoms with Gasteiger partial charge in [0.2, 0.25) is 0 Å². The van der Waals surface area contributed by atoms with E-state index in [1.165, 1.54) is 54.7 Å². The fourth-order valence-electron chi connectivity index (χ4n) is 9.57. The average molecular weight is 816 g/mol. The molecule has 0 unspecified atom stereocenters. The van der Waals surface area contributed by atoms with Gasteiger partial charge in [0.1, 0.15) is 11.3 Å². The minimum absolute atomic E-state index is 0.865. The summed E-state index contributed by atoms with van der Waals surface area (Å²) in [6, 6.07) is 89.8. The summed E-state index contributed by atoms with van der Waals surface area (Å²) < 4.78 is 6.33. The standard InChI is InChI=1S/C62H41NO/c1-2-15-42(16-3-1)43-29-31-44(32-30-43)53-22-11-12-27-59(53)63(50-35-33-45(34-36-50)58-40-47-17-4-6-21-51(47)54-23-7-8-25-56(54)58)60-38-37-52(55-24-9-10-26-57(55)60)46-19-14-20-48(39-46)62-41-49-18-5-13-28-61(49)64-62/h1-41H. The lowest BCUT2D eigenvalue weighted by Crippen LogP contribution is -2.12. The normalized spacial score (nSPS) is 11.4. The number of furan rings is 1. The minimum Gasteiger partial charge on any atom is -0.456 e. The molecule has 0 radical (unpaired) electrons. The number of rotatable bonds is 8. The van der Waals surface area contributed by atoms with Crippen LogP contribution >= 0.6 is 0 Å². The highest BCUT2D eigenvalue weighted by atomic mass is 16.3. The fourth-order valence-corrected chi connectivity index (χ4v) is 9.57. The van der Waals surface area contributed by atoms with Crippen molar-refractivity contribution in [2.75, 3.05) is 4.90 Å². The second-order valence-electron chi connectivity index (χ2n) is 16.4. The predicted molar refractivity (Wildman–Crippen MR) is 271 cm³/mol. The second-order valence-corrected chi connectivity index (χ2v) is 16.4. The van der Waals surface area contributed by atoms with Gasteiger partial charge >= 0.3 is 0 Å². The first-order valence-corrected chi connectivity index (χ1v) is 21.9. The van der Waals surface area contributed by atoms with Crippen molar-refractivity contribution in [2.24, 2.45) is 0 Å². The molecule has 2 heteroatoms. The maximum Gasteiger partial charge on any atom is 0.135 e. The Balaban J connectivity index is 1.02. The maximum atomic E-state index is 6.33. The lowest BCUT2D eigenvalue weighted by atomic mass is 9.93. The van der Waals surface area contributed by atoms with Crippen LogP contribution in [0.3, 0.4) is 0 Å². The summed E-state index contributed by atoms with van der Waals surface area (Å²) in [6.45, 7) is 0. The highest BCUT2D eigenvalue weighted by molar-refractivity contribution is 6.14. The van der Waals surface area contributed by atoms with Crippen LogP contribution in [0.4, 0.5) is 17.1 Å². The molecule has 0 aliphatic rings. The van der Waals surface area contributed by atoms with Crippen molar-refractivity contribution < 1.29 is 4.42 Å². The molecule has 0 amide bonds. The monoisotopic (exact) mass is 815 g/mol. The number of anilines is 3. The molecule has 0 aliphatic heterocycles. The molecule has 12 rings (SSSR count). The third kappa shape index (κ3) is 6.61. The molecule has 11 aromatic carbocycles. The van der Waals surface area contributed by atoms with Gasteiger partial charge in [0.25, 0.3) is 0 Å². The number of para-hydroxylation sites is 2. The number of hydrogen-bond donors (Lipinski definition) is 0. The molecule has 0 saturated heterocycles. The molecule has 1 aromatic heterocycles. The maximum absolute atomic E-state index is 6.33. The van der Waals surface area contributed by atoms with E-state index in [1.807, 2.05) is 12.1 Å². The van der Waals surface area contributed by atoms with Crippen LogP contribution in [0.1, 0.15) is 0 Å². The number of fused-ring (bicyclic) bond motifs is 5. The van der Waals surface area contributed by atoms with E-state index in [0.717, 1.165) is 61.4 Å². The van der Waals surface area contributed by atoms with Gasteiger partial charge in [-0.25, -0.2) is 0 Å². The molecular formula is C62H41NO. The van der Waals surface area contributed by atoms with Crippen molar-refractivity contribution in [3.05, 3.63) is 249 Å². The molecule has 0 aliphatic carbocycles. The van der Waals surface area contributed by atoms with E-state index in [4.69, 9.17) is 4.42 Å². The van der Waals surface area contributed by atoms with Gasteiger partial charge in [0, 0.05) is 27.6 Å². The number of benzene rings is 11. The fraction of sp³-hybridized carbons (Fsp3) is 0. The summed E-state index contributed by atoms with van der Waals surface area (Å²) in [7, 11) is 0. The zero-order chi connectivity index (χ0) is 42.4. The van der Waals surface area contributed by atoms with Crippen molar-refractivity contribution in [1.82, 2.24) is 0 Å². The summed E-state index contributed by atoms with van der Waals surface area (Å²) in [5.74, 6) is 0.865. The van der Waals surface area contributed by atoms with Crippen LogP contribution < -0.4 is 4.90 Å². The predicted octanol–water partition coefficient (Wildman–Crippen LogP) is 17.7. The molecule has 0 saturated carbocycles. The Labute approximate surface area is 372 Å². The van der Waals surface area contributed by atoms with Gasteiger partial charge in [0.05, 0.1) is 11.4 Å². The van der Waals surface area contributed by atoms with Gasteiger partial charge in [-0.1, -0.05) is 200 Å². The molecule has 64 heavy (non-hydrogen) atoms. The molecule has 0 atom stereocenters. The first-order valence-electron chi connectivity index (χ1n) is 21.9. The quantitative estimate of drug-likeness (QED) is 0.142. The Kier molecular flexibility index (Phi) is 9.20. The van der Waals surface area contributed by atoms with Crippen LogP contribution in [-0.2, 0) is 0 Å². The smallest absolute Gasteiger partial charge is 0.135 e. The largest absolute Gasteiger partial charge is 0.456 e. The van der Waals surface area contributed by atoms with E-state index in [2.05, 4.69) is 241 Å². The van der Waals surface area contributed by atoms with Crippen LogP contribution in [0.5, 0.6) is 0 Å². The van der Waals surface area contributed by atoms with Crippen molar-refractivity contribution in [3.63, 3.8) is 0 Å². The van der Waals surface area contributed by atoms with E-state index in [-0.39, 0.29) is 0 Å². The van der Waals surface area contributed by atoms with Crippen LogP contribution in [0.15, 0.2) is 253 Å². The van der Waals surface area contributed by atoms with E-state index in [9.17, 15) is 0 Å². The molecule has 12 aromatic rings. The van der Waals surface area contributed by atoms with Crippen LogP contribution in [0.25, 0.3) is 99.1 Å². The van der Waals surface area contributed by atoms with Crippen molar-refractivity contribution in [1.29, 1.82) is 0 Å². The summed E-state index contributed by atoms with van der Waals surface area (Å²) in [6.07, 6.45) is 0. The zero-order valence-electron chi connectivity index (χ0n) is 35.0. The zero-order valence-corrected chi connectivity index (χ0v) is 35.0. The average Bonchev–Trinajstić information content (AvgIpc) is 3.82. The molecule has 0 fully saturated rings. The van der Waals surface area contributed by atoms with Crippen molar-refractivity contribution in [3.8, 4) is 55.8 Å². The summed E-state index contributed by atoms with van der Waals surface area (Å²) in [5.41, 5.74) is 14.6. The Morgan fingerprint density at radius 2 is 0.828 bits per heavy atom. The summed E-state index contributed by atoms with van der Waals surface area (Å²) in [4.78, 5) is 2.44. The second kappa shape index (κ2) is 15.8. The summed E-state index contributed by atoms with van der Waals surface area (Å²) >= 11 is 0. The van der Waals surface area contributed by atoms with E-state index >= 15 is 0 Å². The molecular weight excluding hydrogens is 775 g/mol. The number of hydrogen-bond acceptors (Lipinski definition) is 2. The molecule has 1 heterocycles. The van der Waals surface area contributed by atoms with Gasteiger partial charge in [-0.15, -0.1) is 0 Å². The van der Waals surface area contributed by atoms with Gasteiger partial charge in [0.15, 0.2) is 0 Å². The third-order valence-electron chi connectivity index (χ3n) is 12.7. The lowest BCUT2D eigenvalue weighted by Gasteiger charge is -2.30. The Hall–Kier alpha value is -8.46. The van der Waals surface area contributed by atoms with Gasteiger partial charge in [-0.3, -0.25) is 0 Å². The Morgan fingerprint density at radius 1 is 0.266 bits per heavy atom. The minimum atomic E-state index is 0.865. The third-order valence-corrected chi connectivity index (χ3v) is 12.7. The van der Waals surface area contributed by atoms with E-state index < -0.39 is 0 Å². The van der Waals surface area contributed by atoms with Crippen LogP contribution in [0, 0.1) is 0 Å². The van der Waals surface area contributed by atoms with Gasteiger partial charge in [-0.2, -0.15) is 0 Å². The lowest BCUT2D eigenvalue weighted by molar-refractivity contribution is 0.631. The highest BCUT2D eigenvalue weighted by Crippen LogP contribution is 2.46. The van der Waals surface area contributed by atoms with Crippen LogP contribution in [-0.4, -0.2) is 0 Å². The topological polar surface area (TPSA) is 16.4 Å². The molecule has 0 N–H and O–H groups in total. The van der Waals surface area contributed by atoms with Crippen LogP contribution in [0.2, 0.25) is 0 Å². The Morgan fingerprint density at radius 3 is 1.62 bits per heavy atom. The first-order chi connectivity index (χ1) is 31.7. The molecule has 2 nitrogen and oxygen atoms in total. The van der Waals surface area contributed by atoms with Crippen molar-refractivity contribution >= 4 is 60.3 Å². The van der Waals surface area contributed by atoms with Gasteiger partial charge in [-0.05, 0) is 114 Å². The summed E-state index contributed by atoms with van der Waals surface area (Å²) in [5, 5.41) is 8.47. The van der Waals surface area contributed by atoms with E-state index in [1.54, 1.807) is 0 Å². The number of nitrogens with zero attached hydrogens (tertiary/aromatic N) is 1. The molecule has 300 valence electrons.